The lowest BCUT2D eigenvalue weighted by Gasteiger charge is -2.36. The van der Waals surface area contributed by atoms with Crippen molar-refractivity contribution in [1.29, 1.82) is 0 Å². The fraction of sp³-hybridized carbons (Fsp3) is 0.867. The quantitative estimate of drug-likeness (QED) is 0.734. The minimum atomic E-state index is -0.183. The molecule has 2 rings (SSSR count). The number of piperidine rings is 2. The molecule has 3 N–H and O–H groups in total. The molecule has 0 aromatic heterocycles. The number of likely N-dealkylation sites (tertiary alicyclic amines) is 2. The lowest BCUT2D eigenvalue weighted by atomic mass is 9.96. The first-order chi connectivity index (χ1) is 9.61. The van der Waals surface area contributed by atoms with Gasteiger partial charge in [-0.25, -0.2) is 0 Å². The van der Waals surface area contributed by atoms with Gasteiger partial charge in [-0.15, -0.1) is 0 Å². The van der Waals surface area contributed by atoms with Crippen LogP contribution in [0, 0.1) is 5.92 Å². The van der Waals surface area contributed by atoms with Crippen LogP contribution in [0.25, 0.3) is 0 Å². The molecule has 0 bridgehead atoms. The molecule has 5 heteroatoms. The zero-order valence-corrected chi connectivity index (χ0v) is 12.6. The zero-order chi connectivity index (χ0) is 14.5. The Balaban J connectivity index is 1.81. The van der Waals surface area contributed by atoms with Crippen molar-refractivity contribution in [3.8, 4) is 0 Å². The average Bonchev–Trinajstić information content (AvgIpc) is 2.47. The van der Waals surface area contributed by atoms with Crippen LogP contribution in [-0.2, 0) is 9.59 Å². The van der Waals surface area contributed by atoms with Gasteiger partial charge in [0.05, 0.1) is 13.1 Å². The van der Waals surface area contributed by atoms with E-state index in [-0.39, 0.29) is 11.8 Å². The average molecular weight is 282 g/mol. The molecular formula is C15H28N3O2+. The summed E-state index contributed by atoms with van der Waals surface area (Å²) in [5.74, 6) is 0.133. The number of quaternary nitrogens is 1. The molecule has 0 spiro atoms. The van der Waals surface area contributed by atoms with E-state index in [9.17, 15) is 9.59 Å². The molecule has 2 aliphatic rings. The fourth-order valence-electron chi connectivity index (χ4n) is 3.56. The Morgan fingerprint density at radius 2 is 1.90 bits per heavy atom. The number of carbonyl (C=O) groups is 2. The highest BCUT2D eigenvalue weighted by Gasteiger charge is 2.31. The zero-order valence-electron chi connectivity index (χ0n) is 12.6. The molecule has 0 aromatic carbocycles. The number of amides is 2. The molecule has 2 fully saturated rings. The maximum Gasteiger partial charge on any atom is 0.278 e. The van der Waals surface area contributed by atoms with Crippen molar-refractivity contribution in [1.82, 2.24) is 4.90 Å². The fourth-order valence-corrected chi connectivity index (χ4v) is 3.56. The van der Waals surface area contributed by atoms with Crippen LogP contribution in [0.4, 0.5) is 0 Å². The summed E-state index contributed by atoms with van der Waals surface area (Å²) in [7, 11) is 0. The molecule has 0 saturated carbocycles. The van der Waals surface area contributed by atoms with E-state index < -0.39 is 0 Å². The number of nitrogens with two attached hydrogens (primary N) is 1. The second kappa shape index (κ2) is 7.07. The molecule has 2 heterocycles. The van der Waals surface area contributed by atoms with Crippen molar-refractivity contribution in [2.75, 3.05) is 26.2 Å². The number of rotatable bonds is 4. The van der Waals surface area contributed by atoms with Gasteiger partial charge in [0, 0.05) is 31.3 Å². The normalized spacial score (nSPS) is 31.1. The van der Waals surface area contributed by atoms with Gasteiger partial charge in [0.2, 0.25) is 5.91 Å². The second-order valence-electron chi connectivity index (χ2n) is 6.25. The predicted molar refractivity (Wildman–Crippen MR) is 77.1 cm³/mol. The maximum atomic E-state index is 12.5. The van der Waals surface area contributed by atoms with Crippen LogP contribution >= 0.6 is 0 Å². The molecule has 0 aromatic rings. The van der Waals surface area contributed by atoms with Crippen LogP contribution < -0.4 is 10.6 Å². The summed E-state index contributed by atoms with van der Waals surface area (Å²) in [4.78, 5) is 27.0. The SMILES string of the molecule is CC[C@@H]1CCCCN1C(=O)C[NH+]1CCC(C(N)=O)CC1. The number of hydrogen-bond donors (Lipinski definition) is 2. The number of nitrogens with one attached hydrogen (secondary N) is 1. The highest BCUT2D eigenvalue weighted by Crippen LogP contribution is 2.19. The van der Waals surface area contributed by atoms with Gasteiger partial charge in [0.15, 0.2) is 6.54 Å². The predicted octanol–water partition coefficient (Wildman–Crippen LogP) is -0.442. The molecule has 0 aliphatic carbocycles. The molecule has 114 valence electrons. The monoisotopic (exact) mass is 282 g/mol. The summed E-state index contributed by atoms with van der Waals surface area (Å²) in [5, 5.41) is 0. The van der Waals surface area contributed by atoms with Crippen molar-refractivity contribution in [3.05, 3.63) is 0 Å². The third-order valence-electron chi connectivity index (χ3n) is 4.92. The van der Waals surface area contributed by atoms with Crippen LogP contribution in [-0.4, -0.2) is 48.9 Å². The summed E-state index contributed by atoms with van der Waals surface area (Å²) in [6, 6.07) is 0.443. The number of carbonyl (C=O) groups excluding carboxylic acids is 2. The molecule has 20 heavy (non-hydrogen) atoms. The van der Waals surface area contributed by atoms with Gasteiger partial charge >= 0.3 is 0 Å². The van der Waals surface area contributed by atoms with Crippen LogP contribution in [0.15, 0.2) is 0 Å². The largest absolute Gasteiger partial charge is 0.369 e. The summed E-state index contributed by atoms with van der Waals surface area (Å²) >= 11 is 0. The van der Waals surface area contributed by atoms with Crippen LogP contribution in [0.1, 0.15) is 45.4 Å². The van der Waals surface area contributed by atoms with Gasteiger partial charge in [0.25, 0.3) is 5.91 Å². The van der Waals surface area contributed by atoms with E-state index in [0.717, 1.165) is 51.7 Å². The third kappa shape index (κ3) is 3.72. The summed E-state index contributed by atoms with van der Waals surface area (Å²) in [6.45, 7) is 5.46. The Morgan fingerprint density at radius 1 is 1.20 bits per heavy atom. The van der Waals surface area contributed by atoms with Crippen molar-refractivity contribution in [2.24, 2.45) is 11.7 Å². The molecule has 2 saturated heterocycles. The first-order valence-electron chi connectivity index (χ1n) is 8.04. The maximum absolute atomic E-state index is 12.5. The molecule has 2 aliphatic heterocycles. The van der Waals surface area contributed by atoms with E-state index in [2.05, 4.69) is 11.8 Å². The Hall–Kier alpha value is -1.10. The van der Waals surface area contributed by atoms with Crippen molar-refractivity contribution >= 4 is 11.8 Å². The number of primary amides is 1. The third-order valence-corrected chi connectivity index (χ3v) is 4.92. The van der Waals surface area contributed by atoms with Gasteiger partial charge in [-0.2, -0.15) is 0 Å². The van der Waals surface area contributed by atoms with Crippen molar-refractivity contribution in [3.63, 3.8) is 0 Å². The summed E-state index contributed by atoms with van der Waals surface area (Å²) < 4.78 is 0. The Morgan fingerprint density at radius 3 is 2.50 bits per heavy atom. The lowest BCUT2D eigenvalue weighted by Crippen LogP contribution is -3.14. The summed E-state index contributed by atoms with van der Waals surface area (Å²) in [5.41, 5.74) is 5.34. The minimum absolute atomic E-state index is 0.0206. The Kier molecular flexibility index (Phi) is 5.40. The van der Waals surface area contributed by atoms with Crippen LogP contribution in [0.2, 0.25) is 0 Å². The van der Waals surface area contributed by atoms with Gasteiger partial charge in [-0.3, -0.25) is 9.59 Å². The first-order valence-corrected chi connectivity index (χ1v) is 8.04. The number of nitrogens with zero attached hydrogens (tertiary/aromatic N) is 1. The van der Waals surface area contributed by atoms with E-state index in [1.807, 2.05) is 0 Å². The van der Waals surface area contributed by atoms with E-state index in [1.165, 1.54) is 11.3 Å². The van der Waals surface area contributed by atoms with Gasteiger partial charge in [-0.1, -0.05) is 6.92 Å². The van der Waals surface area contributed by atoms with Crippen LogP contribution in [0.5, 0.6) is 0 Å². The van der Waals surface area contributed by atoms with E-state index in [1.54, 1.807) is 0 Å². The van der Waals surface area contributed by atoms with Gasteiger partial charge < -0.3 is 15.5 Å². The number of hydrogen-bond acceptors (Lipinski definition) is 2. The standard InChI is InChI=1S/C15H27N3O2/c1-2-13-5-3-4-8-18(13)14(19)11-17-9-6-12(7-10-17)15(16)20/h12-13H,2-11H2,1H3,(H2,16,20)/p+1/t13-/m1/s1. The van der Waals surface area contributed by atoms with Gasteiger partial charge in [-0.05, 0) is 25.7 Å². The highest BCUT2D eigenvalue weighted by atomic mass is 16.2. The molecule has 0 unspecified atom stereocenters. The topological polar surface area (TPSA) is 67.8 Å². The van der Waals surface area contributed by atoms with Crippen molar-refractivity contribution in [2.45, 2.75) is 51.5 Å². The molecular weight excluding hydrogens is 254 g/mol. The minimum Gasteiger partial charge on any atom is -0.369 e. The molecule has 2 amide bonds. The molecule has 0 radical (unpaired) electrons. The Labute approximate surface area is 121 Å². The van der Waals surface area contributed by atoms with Crippen molar-refractivity contribution < 1.29 is 14.5 Å². The molecule has 1 atom stereocenters. The first kappa shape index (κ1) is 15.3. The smallest absolute Gasteiger partial charge is 0.278 e. The van der Waals surface area contributed by atoms with Gasteiger partial charge in [0.1, 0.15) is 0 Å². The van der Waals surface area contributed by atoms with Crippen LogP contribution in [0.3, 0.4) is 0 Å². The lowest BCUT2D eigenvalue weighted by molar-refractivity contribution is -0.898. The molecule has 5 nitrogen and oxygen atoms in total. The van der Waals surface area contributed by atoms with E-state index in [4.69, 9.17) is 5.73 Å². The summed E-state index contributed by atoms with van der Waals surface area (Å²) in [6.07, 6.45) is 6.26. The van der Waals surface area contributed by atoms with E-state index in [0.29, 0.717) is 18.5 Å². The highest BCUT2D eigenvalue weighted by molar-refractivity contribution is 5.78. The second-order valence-corrected chi connectivity index (χ2v) is 6.25. The Bertz CT molecular complexity index is 351. The van der Waals surface area contributed by atoms with E-state index >= 15 is 0 Å².